The average molecular weight is 502 g/mol. The minimum atomic E-state index is -0.276. The first-order chi connectivity index (χ1) is 17.8. The molecule has 10 heteroatoms. The number of anilines is 3. The van der Waals surface area contributed by atoms with Gasteiger partial charge in [0.25, 0.3) is 5.56 Å². The Bertz CT molecular complexity index is 1460. The van der Waals surface area contributed by atoms with E-state index in [0.29, 0.717) is 53.4 Å². The number of aryl methyl sites for hydroxylation is 1. The van der Waals surface area contributed by atoms with E-state index < -0.39 is 0 Å². The third-order valence-electron chi connectivity index (χ3n) is 8.35. The molecule has 0 aromatic carbocycles. The monoisotopic (exact) mass is 501 g/mol. The zero-order valence-electron chi connectivity index (χ0n) is 21.4. The predicted octanol–water partition coefficient (Wildman–Crippen LogP) is 3.37. The molecule has 10 nitrogen and oxygen atoms in total. The van der Waals surface area contributed by atoms with Crippen LogP contribution in [0.4, 0.5) is 17.5 Å². The smallest absolute Gasteiger partial charge is 0.263 e. The summed E-state index contributed by atoms with van der Waals surface area (Å²) in [6, 6.07) is 4.45. The first-order valence-electron chi connectivity index (χ1n) is 13.0. The van der Waals surface area contributed by atoms with Gasteiger partial charge in [-0.15, -0.1) is 0 Å². The van der Waals surface area contributed by atoms with Crippen molar-refractivity contribution >= 4 is 40.2 Å². The van der Waals surface area contributed by atoms with Crippen LogP contribution in [0.15, 0.2) is 29.3 Å². The number of hydrogen-bond donors (Lipinski definition) is 1. The van der Waals surface area contributed by atoms with Crippen molar-refractivity contribution in [1.29, 1.82) is 0 Å². The van der Waals surface area contributed by atoms with Crippen LogP contribution in [0.1, 0.15) is 67.4 Å². The molecular weight excluding hydrogens is 470 g/mol. The lowest BCUT2D eigenvalue weighted by molar-refractivity contribution is -0.119. The van der Waals surface area contributed by atoms with Crippen molar-refractivity contribution in [3.05, 3.63) is 46.0 Å². The van der Waals surface area contributed by atoms with Gasteiger partial charge in [0.1, 0.15) is 11.5 Å². The molecule has 192 valence electrons. The summed E-state index contributed by atoms with van der Waals surface area (Å²) in [5.41, 5.74) is 1.86. The SMILES string of the molecule is CC(=O)c1c(C)c2cnc(Nc3ccc(N4CC5C[C@H](CC4=O)N5C)cn3)nc2n(C2CCCC2)c1=O. The first-order valence-corrected chi connectivity index (χ1v) is 13.0. The fourth-order valence-corrected chi connectivity index (χ4v) is 6.15. The topological polar surface area (TPSA) is 113 Å². The molecule has 3 aromatic rings. The minimum Gasteiger partial charge on any atom is -0.309 e. The number of nitrogens with zero attached hydrogens (tertiary/aromatic N) is 6. The van der Waals surface area contributed by atoms with Gasteiger partial charge >= 0.3 is 0 Å². The third-order valence-corrected chi connectivity index (χ3v) is 8.35. The number of nitrogens with one attached hydrogen (secondary N) is 1. The lowest BCUT2D eigenvalue weighted by Crippen LogP contribution is -2.54. The Hall–Kier alpha value is -3.66. The largest absolute Gasteiger partial charge is 0.309 e. The number of carbonyl (C=O) groups excluding carboxylic acids is 2. The van der Waals surface area contributed by atoms with Crippen molar-refractivity contribution in [2.24, 2.45) is 0 Å². The number of fused-ring (bicyclic) bond motifs is 4. The average Bonchev–Trinajstić information content (AvgIpc) is 3.29. The van der Waals surface area contributed by atoms with Crippen LogP contribution in [-0.4, -0.2) is 61.8 Å². The number of hydrogen-bond acceptors (Lipinski definition) is 8. The van der Waals surface area contributed by atoms with E-state index in [1.165, 1.54) is 6.92 Å². The molecule has 3 aliphatic heterocycles. The van der Waals surface area contributed by atoms with Gasteiger partial charge in [-0.05, 0) is 57.9 Å². The molecule has 1 saturated carbocycles. The number of ketones is 1. The second kappa shape index (κ2) is 9.02. The Morgan fingerprint density at radius 3 is 2.51 bits per heavy atom. The maximum Gasteiger partial charge on any atom is 0.263 e. The zero-order chi connectivity index (χ0) is 25.8. The highest BCUT2D eigenvalue weighted by atomic mass is 16.2. The van der Waals surface area contributed by atoms with Gasteiger partial charge in [0.05, 0.1) is 17.4 Å². The Labute approximate surface area is 214 Å². The fraction of sp³-hybridized carbons (Fsp3) is 0.481. The molecule has 2 bridgehead atoms. The molecule has 7 rings (SSSR count). The van der Waals surface area contributed by atoms with E-state index in [-0.39, 0.29) is 28.9 Å². The fourth-order valence-electron chi connectivity index (χ4n) is 6.15. The highest BCUT2D eigenvalue weighted by Crippen LogP contribution is 2.34. The summed E-state index contributed by atoms with van der Waals surface area (Å²) >= 11 is 0. The normalized spacial score (nSPS) is 22.2. The predicted molar refractivity (Wildman–Crippen MR) is 140 cm³/mol. The molecule has 3 saturated heterocycles. The van der Waals surface area contributed by atoms with Gasteiger partial charge in [0.2, 0.25) is 11.9 Å². The summed E-state index contributed by atoms with van der Waals surface area (Å²) in [5, 5.41) is 3.84. The van der Waals surface area contributed by atoms with Crippen LogP contribution in [0.2, 0.25) is 0 Å². The summed E-state index contributed by atoms with van der Waals surface area (Å²) in [6.45, 7) is 3.89. The quantitative estimate of drug-likeness (QED) is 0.530. The Morgan fingerprint density at radius 1 is 1.05 bits per heavy atom. The molecular formula is C27H31N7O3. The molecule has 37 heavy (non-hydrogen) atoms. The van der Waals surface area contributed by atoms with E-state index in [9.17, 15) is 14.4 Å². The summed E-state index contributed by atoms with van der Waals surface area (Å²) < 4.78 is 1.70. The van der Waals surface area contributed by atoms with E-state index in [1.807, 2.05) is 17.0 Å². The minimum absolute atomic E-state index is 0.0186. The number of carbonyl (C=O) groups is 2. The van der Waals surface area contributed by atoms with Crippen LogP contribution in [0, 0.1) is 6.92 Å². The second-order valence-corrected chi connectivity index (χ2v) is 10.5. The van der Waals surface area contributed by atoms with Crippen LogP contribution in [0.3, 0.4) is 0 Å². The Balaban J connectivity index is 1.31. The molecule has 3 aromatic heterocycles. The van der Waals surface area contributed by atoms with Gasteiger partial charge < -0.3 is 10.2 Å². The standard InChI is InChI=1S/C27H31N7O3/c1-15-21-13-29-27(31-25(21)34(17-6-4-5-7-17)26(37)24(15)16(2)35)30-22-9-8-18(12-28-22)33-14-20-10-19(32(20)3)11-23(33)36/h8-9,12-13,17,19-20H,4-7,10-11,14H2,1-3H3,(H,28,29,30,31)/t19-,20?/m1/s1. The summed E-state index contributed by atoms with van der Waals surface area (Å²) in [6.07, 6.45) is 8.83. The van der Waals surface area contributed by atoms with Crippen LogP contribution in [0.5, 0.6) is 0 Å². The maximum absolute atomic E-state index is 13.4. The molecule has 1 N–H and O–H groups in total. The molecule has 0 radical (unpaired) electrons. The van der Waals surface area contributed by atoms with Crippen molar-refractivity contribution in [1.82, 2.24) is 24.4 Å². The van der Waals surface area contributed by atoms with Gasteiger partial charge in [-0.1, -0.05) is 12.8 Å². The molecule has 4 fully saturated rings. The van der Waals surface area contributed by atoms with E-state index in [2.05, 4.69) is 27.2 Å². The van der Waals surface area contributed by atoms with Crippen LogP contribution < -0.4 is 15.8 Å². The van der Waals surface area contributed by atoms with Crippen molar-refractivity contribution in [3.63, 3.8) is 0 Å². The highest BCUT2D eigenvalue weighted by Gasteiger charge is 2.42. The van der Waals surface area contributed by atoms with Crippen molar-refractivity contribution < 1.29 is 9.59 Å². The van der Waals surface area contributed by atoms with Crippen molar-refractivity contribution in [2.75, 3.05) is 23.8 Å². The number of pyridine rings is 2. The molecule has 1 aliphatic carbocycles. The number of Topliss-reactive ketones (excluding diaryl/α,β-unsaturated/α-hetero) is 1. The van der Waals surface area contributed by atoms with Crippen LogP contribution in [0.25, 0.3) is 11.0 Å². The third kappa shape index (κ3) is 3.99. The molecule has 1 unspecified atom stereocenters. The number of aromatic nitrogens is 4. The summed E-state index contributed by atoms with van der Waals surface area (Å²) in [7, 11) is 2.08. The van der Waals surface area contributed by atoms with Gasteiger partial charge in [-0.25, -0.2) is 9.97 Å². The number of amides is 1. The second-order valence-electron chi connectivity index (χ2n) is 10.5. The lowest BCUT2D eigenvalue weighted by atomic mass is 9.93. The Kier molecular flexibility index (Phi) is 5.78. The van der Waals surface area contributed by atoms with Crippen LogP contribution in [-0.2, 0) is 4.79 Å². The van der Waals surface area contributed by atoms with Gasteiger partial charge in [0.15, 0.2) is 5.78 Å². The summed E-state index contributed by atoms with van der Waals surface area (Å²) in [4.78, 5) is 56.3. The van der Waals surface area contributed by atoms with Crippen molar-refractivity contribution in [3.8, 4) is 0 Å². The first kappa shape index (κ1) is 23.7. The molecule has 2 atom stereocenters. The number of rotatable bonds is 5. The van der Waals surface area contributed by atoms with Gasteiger partial charge in [-0.2, -0.15) is 4.98 Å². The van der Waals surface area contributed by atoms with Gasteiger partial charge in [-0.3, -0.25) is 23.9 Å². The zero-order valence-corrected chi connectivity index (χ0v) is 21.4. The molecule has 6 heterocycles. The van der Waals surface area contributed by atoms with E-state index >= 15 is 0 Å². The lowest BCUT2D eigenvalue weighted by Gasteiger charge is -2.44. The van der Waals surface area contributed by atoms with E-state index in [4.69, 9.17) is 4.98 Å². The van der Waals surface area contributed by atoms with Gasteiger partial charge in [0, 0.05) is 42.7 Å². The number of likely N-dealkylation sites (N-methyl/N-ethyl adjacent to an activating group) is 1. The highest BCUT2D eigenvalue weighted by molar-refractivity contribution is 5.99. The van der Waals surface area contributed by atoms with Crippen molar-refractivity contribution in [2.45, 2.75) is 70.5 Å². The summed E-state index contributed by atoms with van der Waals surface area (Å²) in [5.74, 6) is 0.748. The maximum atomic E-state index is 13.4. The molecule has 1 amide bonds. The molecule has 4 aliphatic rings. The van der Waals surface area contributed by atoms with E-state index in [1.54, 1.807) is 23.9 Å². The Morgan fingerprint density at radius 2 is 1.84 bits per heavy atom. The van der Waals surface area contributed by atoms with E-state index in [0.717, 1.165) is 37.8 Å². The molecule has 0 spiro atoms. The van der Waals surface area contributed by atoms with Crippen LogP contribution >= 0.6 is 0 Å².